The Morgan fingerprint density at radius 3 is 2.29 bits per heavy atom. The maximum absolute atomic E-state index is 11.3. The lowest BCUT2D eigenvalue weighted by Gasteiger charge is -2.04. The van der Waals surface area contributed by atoms with E-state index in [-0.39, 0.29) is 12.1 Å². The number of hydrogen-bond donors (Lipinski definition) is 1. The monoisotopic (exact) mass is 201 g/mol. The molecule has 0 radical (unpaired) electrons. The van der Waals surface area contributed by atoms with Crippen LogP contribution in [0, 0.1) is 0 Å². The highest BCUT2D eigenvalue weighted by Gasteiger charge is 2.06. The van der Waals surface area contributed by atoms with E-state index in [1.165, 1.54) is 0 Å². The first-order valence-electron chi connectivity index (χ1n) is 5.12. The third-order valence-electron chi connectivity index (χ3n) is 1.76. The Labute approximate surface area is 87.1 Å². The van der Waals surface area contributed by atoms with E-state index in [1.54, 1.807) is 0 Å². The van der Waals surface area contributed by atoms with Gasteiger partial charge < -0.3 is 10.9 Å². The molecule has 0 saturated carbocycles. The standard InChI is InChI=1S/C11H20O2.H3N/c1-4-7-8-10(6-3)11(12)13-9-5-2;/h8H,4-7,9H2,1-3H3;1H3. The van der Waals surface area contributed by atoms with Crippen molar-refractivity contribution in [2.45, 2.75) is 46.5 Å². The van der Waals surface area contributed by atoms with E-state index < -0.39 is 0 Å². The second-order valence-electron chi connectivity index (χ2n) is 3.01. The molecule has 0 aliphatic carbocycles. The molecule has 0 aromatic heterocycles. The van der Waals surface area contributed by atoms with Crippen LogP contribution in [0.3, 0.4) is 0 Å². The number of ether oxygens (including phenoxy) is 1. The van der Waals surface area contributed by atoms with Gasteiger partial charge in [-0.2, -0.15) is 0 Å². The Balaban J connectivity index is 0. The molecule has 0 aliphatic heterocycles. The van der Waals surface area contributed by atoms with Crippen molar-refractivity contribution in [3.8, 4) is 0 Å². The average Bonchev–Trinajstić information content (AvgIpc) is 2.16. The molecule has 0 saturated heterocycles. The van der Waals surface area contributed by atoms with Crippen molar-refractivity contribution in [3.63, 3.8) is 0 Å². The lowest BCUT2D eigenvalue weighted by Crippen LogP contribution is -2.08. The molecule has 0 aromatic carbocycles. The van der Waals surface area contributed by atoms with Gasteiger partial charge in [0.05, 0.1) is 6.61 Å². The normalized spacial score (nSPS) is 10.6. The first-order valence-corrected chi connectivity index (χ1v) is 5.12. The zero-order valence-electron chi connectivity index (χ0n) is 9.64. The van der Waals surface area contributed by atoms with Crippen LogP contribution in [0.1, 0.15) is 46.5 Å². The van der Waals surface area contributed by atoms with Crippen LogP contribution in [0.25, 0.3) is 0 Å². The number of unbranched alkanes of at least 4 members (excludes halogenated alkanes) is 1. The van der Waals surface area contributed by atoms with Crippen LogP contribution >= 0.6 is 0 Å². The van der Waals surface area contributed by atoms with E-state index >= 15 is 0 Å². The third kappa shape index (κ3) is 6.66. The Hall–Kier alpha value is -0.830. The smallest absolute Gasteiger partial charge is 0.333 e. The van der Waals surface area contributed by atoms with Gasteiger partial charge in [0.15, 0.2) is 0 Å². The largest absolute Gasteiger partial charge is 0.462 e. The number of allylic oxidation sites excluding steroid dienone is 1. The van der Waals surface area contributed by atoms with Gasteiger partial charge in [0.1, 0.15) is 0 Å². The summed E-state index contributed by atoms with van der Waals surface area (Å²) in [4.78, 5) is 11.3. The maximum atomic E-state index is 11.3. The molecule has 0 atom stereocenters. The van der Waals surface area contributed by atoms with Gasteiger partial charge in [-0.3, -0.25) is 0 Å². The zero-order valence-corrected chi connectivity index (χ0v) is 9.64. The topological polar surface area (TPSA) is 61.3 Å². The van der Waals surface area contributed by atoms with Crippen LogP contribution in [0.15, 0.2) is 11.6 Å². The molecule has 0 rings (SSSR count). The van der Waals surface area contributed by atoms with Crippen LogP contribution < -0.4 is 6.15 Å². The highest BCUT2D eigenvalue weighted by molar-refractivity contribution is 5.88. The van der Waals surface area contributed by atoms with Gasteiger partial charge in [0.25, 0.3) is 0 Å². The SMILES string of the molecule is CCCC=C(CC)C(=O)OCCC.N. The van der Waals surface area contributed by atoms with Gasteiger partial charge in [-0.15, -0.1) is 0 Å². The fourth-order valence-electron chi connectivity index (χ4n) is 0.978. The summed E-state index contributed by atoms with van der Waals surface area (Å²) in [6, 6.07) is 0. The molecule has 3 heteroatoms. The van der Waals surface area contributed by atoms with E-state index in [4.69, 9.17) is 4.74 Å². The fraction of sp³-hybridized carbons (Fsp3) is 0.727. The van der Waals surface area contributed by atoms with Gasteiger partial charge >= 0.3 is 5.97 Å². The van der Waals surface area contributed by atoms with E-state index in [9.17, 15) is 4.79 Å². The number of carbonyl (C=O) groups is 1. The summed E-state index contributed by atoms with van der Waals surface area (Å²) < 4.78 is 5.03. The van der Waals surface area contributed by atoms with E-state index in [0.717, 1.165) is 31.3 Å². The van der Waals surface area contributed by atoms with Gasteiger partial charge in [-0.05, 0) is 19.3 Å². The molecular formula is C11H23NO2. The predicted molar refractivity (Wildman–Crippen MR) is 59.6 cm³/mol. The third-order valence-corrected chi connectivity index (χ3v) is 1.76. The summed E-state index contributed by atoms with van der Waals surface area (Å²) in [6.45, 7) is 6.60. The van der Waals surface area contributed by atoms with Crippen LogP contribution in [-0.2, 0) is 9.53 Å². The van der Waals surface area contributed by atoms with Crippen molar-refractivity contribution in [3.05, 3.63) is 11.6 Å². The molecular weight excluding hydrogens is 178 g/mol. The molecule has 14 heavy (non-hydrogen) atoms. The van der Waals surface area contributed by atoms with Crippen molar-refractivity contribution < 1.29 is 9.53 Å². The van der Waals surface area contributed by atoms with Gasteiger partial charge in [-0.1, -0.05) is 33.3 Å². The summed E-state index contributed by atoms with van der Waals surface area (Å²) >= 11 is 0. The molecule has 0 fully saturated rings. The summed E-state index contributed by atoms with van der Waals surface area (Å²) in [5, 5.41) is 0. The zero-order chi connectivity index (χ0) is 10.1. The van der Waals surface area contributed by atoms with E-state index in [2.05, 4.69) is 6.92 Å². The lowest BCUT2D eigenvalue weighted by molar-refractivity contribution is -0.139. The quantitative estimate of drug-likeness (QED) is 0.530. The first-order chi connectivity index (χ1) is 6.26. The van der Waals surface area contributed by atoms with Crippen molar-refractivity contribution in [1.29, 1.82) is 0 Å². The molecule has 0 amide bonds. The van der Waals surface area contributed by atoms with Crippen molar-refractivity contribution >= 4 is 5.97 Å². The minimum Gasteiger partial charge on any atom is -0.462 e. The highest BCUT2D eigenvalue weighted by Crippen LogP contribution is 2.06. The number of esters is 1. The highest BCUT2D eigenvalue weighted by atomic mass is 16.5. The van der Waals surface area contributed by atoms with Gasteiger partial charge in [-0.25, -0.2) is 4.79 Å². The van der Waals surface area contributed by atoms with E-state index in [1.807, 2.05) is 19.9 Å². The molecule has 3 nitrogen and oxygen atoms in total. The van der Waals surface area contributed by atoms with E-state index in [0.29, 0.717) is 6.61 Å². The van der Waals surface area contributed by atoms with Crippen LogP contribution in [-0.4, -0.2) is 12.6 Å². The Morgan fingerprint density at radius 2 is 1.86 bits per heavy atom. The molecule has 0 heterocycles. The minimum absolute atomic E-state index is 0. The fourth-order valence-corrected chi connectivity index (χ4v) is 0.978. The molecule has 0 spiro atoms. The Bertz CT molecular complexity index is 176. The molecule has 0 bridgehead atoms. The second-order valence-corrected chi connectivity index (χ2v) is 3.01. The molecule has 3 N–H and O–H groups in total. The number of carbonyl (C=O) groups excluding carboxylic acids is 1. The number of rotatable bonds is 6. The Morgan fingerprint density at radius 1 is 1.21 bits per heavy atom. The van der Waals surface area contributed by atoms with Gasteiger partial charge in [0.2, 0.25) is 0 Å². The number of hydrogen-bond acceptors (Lipinski definition) is 3. The first kappa shape index (κ1) is 15.6. The summed E-state index contributed by atoms with van der Waals surface area (Å²) in [5.74, 6) is -0.141. The lowest BCUT2D eigenvalue weighted by atomic mass is 10.1. The summed E-state index contributed by atoms with van der Waals surface area (Å²) in [7, 11) is 0. The van der Waals surface area contributed by atoms with Crippen LogP contribution in [0.2, 0.25) is 0 Å². The maximum Gasteiger partial charge on any atom is 0.333 e. The molecule has 84 valence electrons. The average molecular weight is 201 g/mol. The van der Waals surface area contributed by atoms with Crippen molar-refractivity contribution in [2.75, 3.05) is 6.61 Å². The van der Waals surface area contributed by atoms with Crippen molar-refractivity contribution in [1.82, 2.24) is 6.15 Å². The van der Waals surface area contributed by atoms with Crippen LogP contribution in [0.4, 0.5) is 0 Å². The molecule has 0 aromatic rings. The van der Waals surface area contributed by atoms with Crippen molar-refractivity contribution in [2.24, 2.45) is 0 Å². The predicted octanol–water partition coefficient (Wildman–Crippen LogP) is 3.24. The summed E-state index contributed by atoms with van der Waals surface area (Å²) in [5.41, 5.74) is 0.815. The minimum atomic E-state index is -0.141. The van der Waals surface area contributed by atoms with Crippen LogP contribution in [0.5, 0.6) is 0 Å². The molecule has 0 unspecified atom stereocenters. The second kappa shape index (κ2) is 10.3. The summed E-state index contributed by atoms with van der Waals surface area (Å²) in [6.07, 6.45) is 5.67. The Kier molecular flexibility index (Phi) is 11.4. The van der Waals surface area contributed by atoms with Gasteiger partial charge in [0, 0.05) is 5.57 Å². The molecule has 0 aliphatic rings.